The number of ketones is 1. The van der Waals surface area contributed by atoms with E-state index in [1.165, 1.54) is 18.4 Å². The van der Waals surface area contributed by atoms with Crippen LogP contribution >= 0.6 is 0 Å². The highest BCUT2D eigenvalue weighted by atomic mass is 16.5. The van der Waals surface area contributed by atoms with Gasteiger partial charge < -0.3 is 4.74 Å². The summed E-state index contributed by atoms with van der Waals surface area (Å²) in [6, 6.07) is 8.85. The van der Waals surface area contributed by atoms with Gasteiger partial charge in [-0.3, -0.25) is 9.69 Å². The summed E-state index contributed by atoms with van der Waals surface area (Å²) in [6.45, 7) is 2.23. The molecule has 1 aromatic carbocycles. The fourth-order valence-electron chi connectivity index (χ4n) is 3.90. The van der Waals surface area contributed by atoms with E-state index in [-0.39, 0.29) is 0 Å². The fourth-order valence-corrected chi connectivity index (χ4v) is 3.90. The molecular formula is C18H25NO2. The molecule has 2 aliphatic rings. The number of hydrogen-bond acceptors (Lipinski definition) is 3. The fraction of sp³-hybridized carbons (Fsp3) is 0.611. The van der Waals surface area contributed by atoms with Gasteiger partial charge in [-0.1, -0.05) is 12.1 Å². The Labute approximate surface area is 127 Å². The average Bonchev–Trinajstić information content (AvgIpc) is 3.13. The number of nitrogens with zero attached hydrogens (tertiary/aromatic N) is 1. The van der Waals surface area contributed by atoms with E-state index in [2.05, 4.69) is 17.0 Å². The van der Waals surface area contributed by atoms with Crippen molar-refractivity contribution in [1.29, 1.82) is 0 Å². The maximum absolute atomic E-state index is 12.0. The molecule has 2 fully saturated rings. The average molecular weight is 287 g/mol. The Morgan fingerprint density at radius 3 is 2.67 bits per heavy atom. The molecule has 114 valence electrons. The van der Waals surface area contributed by atoms with E-state index in [0.717, 1.165) is 44.5 Å². The van der Waals surface area contributed by atoms with Gasteiger partial charge in [0.2, 0.25) is 0 Å². The molecule has 21 heavy (non-hydrogen) atoms. The second-order valence-electron chi connectivity index (χ2n) is 6.31. The van der Waals surface area contributed by atoms with E-state index in [9.17, 15) is 4.79 Å². The number of methoxy groups -OCH3 is 1. The molecule has 0 aromatic heterocycles. The molecule has 0 bridgehead atoms. The minimum atomic E-state index is 0.323. The van der Waals surface area contributed by atoms with Crippen LogP contribution in [0.1, 0.15) is 37.7 Å². The largest absolute Gasteiger partial charge is 0.497 e. The third-order valence-corrected chi connectivity index (χ3v) is 5.08. The summed E-state index contributed by atoms with van der Waals surface area (Å²) in [6.07, 6.45) is 6.54. The first kappa shape index (κ1) is 14.6. The van der Waals surface area contributed by atoms with Crippen molar-refractivity contribution in [1.82, 2.24) is 4.90 Å². The number of hydrogen-bond donors (Lipinski definition) is 0. The summed E-state index contributed by atoms with van der Waals surface area (Å²) in [5.74, 6) is 1.74. The molecule has 3 rings (SSSR count). The minimum absolute atomic E-state index is 0.323. The van der Waals surface area contributed by atoms with Crippen LogP contribution in [0.25, 0.3) is 0 Å². The van der Waals surface area contributed by atoms with Crippen molar-refractivity contribution >= 4 is 5.78 Å². The Hall–Kier alpha value is -1.35. The van der Waals surface area contributed by atoms with Crippen molar-refractivity contribution in [3.8, 4) is 5.75 Å². The van der Waals surface area contributed by atoms with Crippen LogP contribution in [0.4, 0.5) is 0 Å². The summed E-state index contributed by atoms with van der Waals surface area (Å²) < 4.78 is 5.20. The van der Waals surface area contributed by atoms with Crippen LogP contribution in [0.15, 0.2) is 24.3 Å². The van der Waals surface area contributed by atoms with Crippen molar-refractivity contribution in [2.24, 2.45) is 5.92 Å². The van der Waals surface area contributed by atoms with Crippen molar-refractivity contribution < 1.29 is 9.53 Å². The molecule has 0 N–H and O–H groups in total. The van der Waals surface area contributed by atoms with Crippen LogP contribution < -0.4 is 4.74 Å². The molecule has 2 atom stereocenters. The van der Waals surface area contributed by atoms with Gasteiger partial charge in [-0.15, -0.1) is 0 Å². The molecule has 1 aliphatic heterocycles. The quantitative estimate of drug-likeness (QED) is 0.833. The monoisotopic (exact) mass is 287 g/mol. The van der Waals surface area contributed by atoms with Gasteiger partial charge >= 0.3 is 0 Å². The second kappa shape index (κ2) is 6.61. The summed E-state index contributed by atoms with van der Waals surface area (Å²) >= 11 is 0. The van der Waals surface area contributed by atoms with Crippen LogP contribution in [0.2, 0.25) is 0 Å². The van der Waals surface area contributed by atoms with Crippen LogP contribution in [0.5, 0.6) is 5.75 Å². The Kier molecular flexibility index (Phi) is 4.59. The van der Waals surface area contributed by atoms with Gasteiger partial charge in [0.25, 0.3) is 0 Å². The van der Waals surface area contributed by atoms with Crippen molar-refractivity contribution in [2.75, 3.05) is 20.2 Å². The zero-order valence-electron chi connectivity index (χ0n) is 12.9. The Balaban J connectivity index is 1.57. The summed E-state index contributed by atoms with van der Waals surface area (Å²) in [7, 11) is 1.70. The molecule has 3 nitrogen and oxygen atoms in total. The summed E-state index contributed by atoms with van der Waals surface area (Å²) in [5, 5.41) is 0. The number of carbonyl (C=O) groups excluding carboxylic acids is 1. The molecule has 0 spiro atoms. The highest BCUT2D eigenvalue weighted by Crippen LogP contribution is 2.33. The van der Waals surface area contributed by atoms with Crippen molar-refractivity contribution in [3.05, 3.63) is 29.8 Å². The summed E-state index contributed by atoms with van der Waals surface area (Å²) in [5.41, 5.74) is 1.35. The second-order valence-corrected chi connectivity index (χ2v) is 6.31. The maximum atomic E-state index is 12.0. The van der Waals surface area contributed by atoms with Gasteiger partial charge in [0.05, 0.1) is 7.11 Å². The van der Waals surface area contributed by atoms with Crippen molar-refractivity contribution in [3.63, 3.8) is 0 Å². The highest BCUT2D eigenvalue weighted by molar-refractivity contribution is 5.83. The first-order valence-electron chi connectivity index (χ1n) is 8.17. The first-order chi connectivity index (χ1) is 10.3. The van der Waals surface area contributed by atoms with E-state index in [0.29, 0.717) is 17.7 Å². The van der Waals surface area contributed by atoms with Gasteiger partial charge in [-0.05, 0) is 56.3 Å². The normalized spacial score (nSPS) is 26.4. The molecule has 2 unspecified atom stereocenters. The lowest BCUT2D eigenvalue weighted by Crippen LogP contribution is -2.38. The van der Waals surface area contributed by atoms with Gasteiger partial charge in [0.15, 0.2) is 0 Å². The third-order valence-electron chi connectivity index (χ3n) is 5.08. The highest BCUT2D eigenvalue weighted by Gasteiger charge is 2.37. The number of Topliss-reactive ketones (excluding diaryl/α,β-unsaturated/α-hetero) is 1. The zero-order valence-corrected chi connectivity index (χ0v) is 12.9. The predicted molar refractivity (Wildman–Crippen MR) is 83.6 cm³/mol. The Bertz CT molecular complexity index is 482. The van der Waals surface area contributed by atoms with E-state index in [1.807, 2.05) is 12.1 Å². The summed E-state index contributed by atoms with van der Waals surface area (Å²) in [4.78, 5) is 14.6. The molecule has 1 aliphatic carbocycles. The van der Waals surface area contributed by atoms with Crippen LogP contribution in [0.3, 0.4) is 0 Å². The van der Waals surface area contributed by atoms with Gasteiger partial charge in [0.1, 0.15) is 11.5 Å². The Morgan fingerprint density at radius 2 is 2.00 bits per heavy atom. The lowest BCUT2D eigenvalue weighted by atomic mass is 9.95. The predicted octanol–water partition coefficient (Wildman–Crippen LogP) is 3.07. The van der Waals surface area contributed by atoms with E-state index >= 15 is 0 Å². The molecule has 0 amide bonds. The molecule has 1 saturated heterocycles. The minimum Gasteiger partial charge on any atom is -0.497 e. The lowest BCUT2D eigenvalue weighted by molar-refractivity contribution is -0.122. The third kappa shape index (κ3) is 3.29. The molecule has 3 heteroatoms. The molecular weight excluding hydrogens is 262 g/mol. The van der Waals surface area contributed by atoms with E-state index < -0.39 is 0 Å². The molecule has 1 heterocycles. The molecule has 0 radical (unpaired) electrons. The number of rotatable bonds is 5. The number of likely N-dealkylation sites (tertiary alicyclic amines) is 1. The SMILES string of the molecule is COc1ccc(CCN2CCCC2C2CCCC2=O)cc1. The standard InChI is InChI=1S/C18H25NO2/c1-21-15-9-7-14(8-10-15)11-13-19-12-3-5-17(19)16-4-2-6-18(16)20/h7-10,16-17H,2-6,11-13H2,1H3. The number of ether oxygens (including phenoxy) is 1. The zero-order chi connectivity index (χ0) is 14.7. The van der Waals surface area contributed by atoms with E-state index in [4.69, 9.17) is 4.74 Å². The smallest absolute Gasteiger partial charge is 0.137 e. The maximum Gasteiger partial charge on any atom is 0.137 e. The van der Waals surface area contributed by atoms with Crippen molar-refractivity contribution in [2.45, 2.75) is 44.6 Å². The van der Waals surface area contributed by atoms with Gasteiger partial charge in [-0.2, -0.15) is 0 Å². The Morgan fingerprint density at radius 1 is 1.19 bits per heavy atom. The van der Waals surface area contributed by atoms with Crippen LogP contribution in [-0.4, -0.2) is 36.9 Å². The topological polar surface area (TPSA) is 29.5 Å². The molecule has 1 saturated carbocycles. The number of carbonyl (C=O) groups is 1. The first-order valence-corrected chi connectivity index (χ1v) is 8.17. The number of benzene rings is 1. The van der Waals surface area contributed by atoms with Gasteiger partial charge in [0, 0.05) is 24.9 Å². The van der Waals surface area contributed by atoms with E-state index in [1.54, 1.807) is 7.11 Å². The molecule has 1 aromatic rings. The van der Waals surface area contributed by atoms with Crippen LogP contribution in [-0.2, 0) is 11.2 Å². The lowest BCUT2D eigenvalue weighted by Gasteiger charge is -2.28. The van der Waals surface area contributed by atoms with Gasteiger partial charge in [-0.25, -0.2) is 0 Å². The van der Waals surface area contributed by atoms with Crippen LogP contribution in [0, 0.1) is 5.92 Å².